The van der Waals surface area contributed by atoms with Gasteiger partial charge in [0.05, 0.1) is 9.79 Å². The zero-order chi connectivity index (χ0) is 18.2. The molecule has 1 heterocycles. The van der Waals surface area contributed by atoms with Gasteiger partial charge in [-0.25, -0.2) is 21.6 Å². The summed E-state index contributed by atoms with van der Waals surface area (Å²) in [7, 11) is -7.26. The number of hydrogen-bond donors (Lipinski definition) is 2. The maximum absolute atomic E-state index is 12.7. The molecule has 0 saturated carbocycles. The second kappa shape index (κ2) is 7.92. The zero-order valence-electron chi connectivity index (χ0n) is 15.0. The van der Waals surface area contributed by atoms with E-state index < -0.39 is 19.9 Å². The van der Waals surface area contributed by atoms with Crippen molar-refractivity contribution in [2.75, 3.05) is 25.9 Å². The fourth-order valence-electron chi connectivity index (χ4n) is 3.01. The number of sulfonamides is 1. The Labute approximate surface area is 157 Å². The fraction of sp³-hybridized carbons (Fsp3) is 0.625. The number of rotatable bonds is 5. The molecule has 1 saturated heterocycles. The van der Waals surface area contributed by atoms with Gasteiger partial charge < -0.3 is 5.32 Å². The number of hydrogen-bond acceptors (Lipinski definition) is 5. The van der Waals surface area contributed by atoms with E-state index in [-0.39, 0.29) is 33.2 Å². The van der Waals surface area contributed by atoms with E-state index in [9.17, 15) is 16.8 Å². The van der Waals surface area contributed by atoms with Crippen LogP contribution in [0.2, 0.25) is 0 Å². The molecule has 0 aromatic heterocycles. The first kappa shape index (κ1) is 22.4. The quantitative estimate of drug-likeness (QED) is 0.772. The number of sulfone groups is 1. The van der Waals surface area contributed by atoms with Gasteiger partial charge in [0.25, 0.3) is 0 Å². The summed E-state index contributed by atoms with van der Waals surface area (Å²) < 4.78 is 52.0. The van der Waals surface area contributed by atoms with Crippen LogP contribution in [0.25, 0.3) is 0 Å². The van der Waals surface area contributed by atoms with Crippen LogP contribution in [0.4, 0.5) is 0 Å². The number of piperidine rings is 1. The standard InChI is InChI=1S/C16H26N2O4S2.ClH/c1-12-9-14(23(4,19)20)13(2)15(10-12)24(21,22)18-11-16(3)5-7-17-8-6-16;/h9-10,17-18H,5-8,11H2,1-4H3;1H. The van der Waals surface area contributed by atoms with Gasteiger partial charge >= 0.3 is 0 Å². The lowest BCUT2D eigenvalue weighted by Crippen LogP contribution is -2.43. The molecular formula is C16H27ClN2O4S2. The SMILES string of the molecule is Cc1cc(S(C)(=O)=O)c(C)c(S(=O)(=O)NCC2(C)CCNCC2)c1.Cl. The fourth-order valence-corrected chi connectivity index (χ4v) is 5.69. The molecular weight excluding hydrogens is 384 g/mol. The van der Waals surface area contributed by atoms with Crippen LogP contribution < -0.4 is 10.0 Å². The summed E-state index contributed by atoms with van der Waals surface area (Å²) in [5, 5.41) is 3.27. The van der Waals surface area contributed by atoms with Crippen molar-refractivity contribution in [1.82, 2.24) is 10.0 Å². The Kier molecular flexibility index (Phi) is 7.09. The Morgan fingerprint density at radius 1 is 1.08 bits per heavy atom. The van der Waals surface area contributed by atoms with Crippen LogP contribution in [0, 0.1) is 19.3 Å². The van der Waals surface area contributed by atoms with Gasteiger partial charge in [0.1, 0.15) is 0 Å². The van der Waals surface area contributed by atoms with Crippen molar-refractivity contribution in [3.63, 3.8) is 0 Å². The second-order valence-corrected chi connectivity index (χ2v) is 10.8. The maximum Gasteiger partial charge on any atom is 0.240 e. The van der Waals surface area contributed by atoms with Crippen molar-refractivity contribution < 1.29 is 16.8 Å². The zero-order valence-corrected chi connectivity index (χ0v) is 17.5. The second-order valence-electron chi connectivity index (χ2n) is 7.04. The molecule has 1 aromatic carbocycles. The summed E-state index contributed by atoms with van der Waals surface area (Å²) in [6.07, 6.45) is 2.89. The van der Waals surface area contributed by atoms with Crippen molar-refractivity contribution >= 4 is 32.3 Å². The van der Waals surface area contributed by atoms with E-state index in [2.05, 4.69) is 17.0 Å². The Morgan fingerprint density at radius 2 is 1.60 bits per heavy atom. The van der Waals surface area contributed by atoms with Gasteiger partial charge in [0, 0.05) is 12.8 Å². The summed E-state index contributed by atoms with van der Waals surface area (Å²) >= 11 is 0. The van der Waals surface area contributed by atoms with Gasteiger partial charge in [-0.15, -0.1) is 12.4 Å². The van der Waals surface area contributed by atoms with Crippen molar-refractivity contribution in [1.29, 1.82) is 0 Å². The highest BCUT2D eigenvalue weighted by molar-refractivity contribution is 7.91. The minimum Gasteiger partial charge on any atom is -0.317 e. The maximum atomic E-state index is 12.7. The van der Waals surface area contributed by atoms with E-state index in [0.29, 0.717) is 12.1 Å². The van der Waals surface area contributed by atoms with Gasteiger partial charge in [-0.05, 0) is 68.5 Å². The van der Waals surface area contributed by atoms with Crippen LogP contribution in [-0.2, 0) is 19.9 Å². The minimum absolute atomic E-state index is 0. The van der Waals surface area contributed by atoms with Crippen LogP contribution in [0.5, 0.6) is 0 Å². The molecule has 1 aromatic rings. The van der Waals surface area contributed by atoms with E-state index in [4.69, 9.17) is 0 Å². The molecule has 144 valence electrons. The number of nitrogens with one attached hydrogen (secondary N) is 2. The first-order chi connectivity index (χ1) is 10.9. The Hall–Kier alpha value is -0.670. The topological polar surface area (TPSA) is 92.3 Å². The van der Waals surface area contributed by atoms with Gasteiger partial charge in [-0.3, -0.25) is 0 Å². The predicted octanol–water partition coefficient (Wildman–Crippen LogP) is 1.80. The summed E-state index contributed by atoms with van der Waals surface area (Å²) in [4.78, 5) is 0.108. The molecule has 0 unspecified atom stereocenters. The highest BCUT2D eigenvalue weighted by Crippen LogP contribution is 2.29. The van der Waals surface area contributed by atoms with Crippen LogP contribution in [0.15, 0.2) is 21.9 Å². The van der Waals surface area contributed by atoms with Gasteiger partial charge in [-0.1, -0.05) is 6.92 Å². The lowest BCUT2D eigenvalue weighted by atomic mass is 9.81. The number of halogens is 1. The molecule has 0 radical (unpaired) electrons. The van der Waals surface area contributed by atoms with Gasteiger partial charge in [0.15, 0.2) is 9.84 Å². The highest BCUT2D eigenvalue weighted by atomic mass is 35.5. The summed E-state index contributed by atoms with van der Waals surface area (Å²) in [6.45, 7) is 7.40. The number of aryl methyl sites for hydroxylation is 1. The molecule has 1 fully saturated rings. The van der Waals surface area contributed by atoms with Crippen molar-refractivity contribution in [2.24, 2.45) is 5.41 Å². The van der Waals surface area contributed by atoms with E-state index in [0.717, 1.165) is 32.2 Å². The van der Waals surface area contributed by atoms with E-state index in [1.165, 1.54) is 19.1 Å². The summed E-state index contributed by atoms with van der Waals surface area (Å²) in [5.74, 6) is 0. The van der Waals surface area contributed by atoms with Crippen molar-refractivity contribution in [3.05, 3.63) is 23.3 Å². The van der Waals surface area contributed by atoms with E-state index in [1.807, 2.05) is 0 Å². The molecule has 2 N–H and O–H groups in total. The molecule has 0 amide bonds. The molecule has 1 aliphatic rings. The molecule has 0 aliphatic carbocycles. The minimum atomic E-state index is -3.77. The van der Waals surface area contributed by atoms with Crippen LogP contribution in [-0.4, -0.2) is 42.7 Å². The third-order valence-corrected chi connectivity index (χ3v) is 7.40. The summed E-state index contributed by atoms with van der Waals surface area (Å²) in [6, 6.07) is 3.04. The first-order valence-corrected chi connectivity index (χ1v) is 11.3. The third-order valence-electron chi connectivity index (χ3n) is 4.65. The largest absolute Gasteiger partial charge is 0.317 e. The van der Waals surface area contributed by atoms with Crippen molar-refractivity contribution in [3.8, 4) is 0 Å². The normalized spacial score (nSPS) is 17.8. The third kappa shape index (κ3) is 5.40. The predicted molar refractivity (Wildman–Crippen MR) is 102 cm³/mol. The molecule has 25 heavy (non-hydrogen) atoms. The average molecular weight is 411 g/mol. The molecule has 9 heteroatoms. The Morgan fingerprint density at radius 3 is 2.12 bits per heavy atom. The molecule has 1 aliphatic heterocycles. The van der Waals surface area contributed by atoms with Crippen molar-refractivity contribution in [2.45, 2.75) is 43.4 Å². The lowest BCUT2D eigenvalue weighted by molar-refractivity contribution is 0.232. The first-order valence-electron chi connectivity index (χ1n) is 7.96. The van der Waals surface area contributed by atoms with Crippen LogP contribution in [0.1, 0.15) is 30.9 Å². The summed E-state index contributed by atoms with van der Waals surface area (Å²) in [5.41, 5.74) is 0.788. The molecule has 0 bridgehead atoms. The molecule has 2 rings (SSSR count). The van der Waals surface area contributed by atoms with Crippen LogP contribution in [0.3, 0.4) is 0 Å². The Bertz CT molecular complexity index is 830. The van der Waals surface area contributed by atoms with Gasteiger partial charge in [0.2, 0.25) is 10.0 Å². The molecule has 6 nitrogen and oxygen atoms in total. The van der Waals surface area contributed by atoms with Gasteiger partial charge in [-0.2, -0.15) is 0 Å². The van der Waals surface area contributed by atoms with E-state index in [1.54, 1.807) is 6.92 Å². The average Bonchev–Trinajstić information content (AvgIpc) is 2.47. The highest BCUT2D eigenvalue weighted by Gasteiger charge is 2.30. The molecule has 0 atom stereocenters. The monoisotopic (exact) mass is 410 g/mol. The van der Waals surface area contributed by atoms with E-state index >= 15 is 0 Å². The smallest absolute Gasteiger partial charge is 0.240 e. The lowest BCUT2D eigenvalue weighted by Gasteiger charge is -2.34. The Balaban J connectivity index is 0.00000312. The molecule has 0 spiro atoms. The number of benzene rings is 1. The van der Waals surface area contributed by atoms with Crippen LogP contribution >= 0.6 is 12.4 Å².